The van der Waals surface area contributed by atoms with Crippen molar-refractivity contribution in [1.82, 2.24) is 10.2 Å². The van der Waals surface area contributed by atoms with E-state index in [1.54, 1.807) is 0 Å². The van der Waals surface area contributed by atoms with Crippen LogP contribution in [-0.2, 0) is 13.0 Å². The van der Waals surface area contributed by atoms with Gasteiger partial charge in [0, 0.05) is 35.6 Å². The summed E-state index contributed by atoms with van der Waals surface area (Å²) in [6, 6.07) is 5.12. The summed E-state index contributed by atoms with van der Waals surface area (Å²) in [6.45, 7) is 7.85. The lowest BCUT2D eigenvalue weighted by Gasteiger charge is -2.25. The molecule has 4 heteroatoms. The molecule has 3 unspecified atom stereocenters. The summed E-state index contributed by atoms with van der Waals surface area (Å²) in [5.74, 6) is 2.82. The molecule has 0 amide bonds. The third kappa shape index (κ3) is 2.09. The fourth-order valence-corrected chi connectivity index (χ4v) is 4.70. The highest BCUT2D eigenvalue weighted by atomic mass is 79.9. The Morgan fingerprint density at radius 3 is 3.15 bits per heavy atom. The summed E-state index contributed by atoms with van der Waals surface area (Å²) in [4.78, 5) is 2.64. The van der Waals surface area contributed by atoms with E-state index in [0.29, 0.717) is 6.04 Å². The Morgan fingerprint density at radius 2 is 2.30 bits per heavy atom. The molecule has 0 radical (unpaired) electrons. The van der Waals surface area contributed by atoms with Gasteiger partial charge in [-0.1, -0.05) is 15.9 Å². The molecule has 3 atom stereocenters. The van der Waals surface area contributed by atoms with Gasteiger partial charge in [-0.2, -0.15) is 0 Å². The monoisotopic (exact) mass is 336 g/mol. The first kappa shape index (κ1) is 13.1. The number of hydrogen-bond donors (Lipinski definition) is 1. The van der Waals surface area contributed by atoms with Crippen molar-refractivity contribution >= 4 is 15.9 Å². The zero-order valence-corrected chi connectivity index (χ0v) is 13.4. The van der Waals surface area contributed by atoms with Gasteiger partial charge in [-0.15, -0.1) is 0 Å². The van der Waals surface area contributed by atoms with Gasteiger partial charge in [0.25, 0.3) is 0 Å². The fourth-order valence-electron chi connectivity index (χ4n) is 4.15. The molecule has 0 aliphatic carbocycles. The number of hydrogen-bond acceptors (Lipinski definition) is 3. The van der Waals surface area contributed by atoms with Gasteiger partial charge in [-0.05, 0) is 49.5 Å². The van der Waals surface area contributed by atoms with Crippen LogP contribution in [-0.4, -0.2) is 37.2 Å². The summed E-state index contributed by atoms with van der Waals surface area (Å²) < 4.78 is 7.05. The number of nitrogens with zero attached hydrogens (tertiary/aromatic N) is 1. The van der Waals surface area contributed by atoms with Crippen LogP contribution in [0.3, 0.4) is 0 Å². The minimum absolute atomic E-state index is 0.672. The van der Waals surface area contributed by atoms with E-state index >= 15 is 0 Å². The van der Waals surface area contributed by atoms with Crippen molar-refractivity contribution in [3.8, 4) is 5.75 Å². The normalized spacial score (nSPS) is 32.2. The summed E-state index contributed by atoms with van der Waals surface area (Å²) in [5.41, 5.74) is 2.72. The van der Waals surface area contributed by atoms with Crippen molar-refractivity contribution in [2.24, 2.45) is 11.8 Å². The molecule has 0 saturated carbocycles. The van der Waals surface area contributed by atoms with Crippen LogP contribution in [0, 0.1) is 11.8 Å². The standard InChI is InChI=1S/C16H21BrN2O/c1-10-15-7-18-6-13(15)9-19(10)8-12-5-14(17)4-11-2-3-20-16(11)12/h4-5,10,13,15,18H,2-3,6-9H2,1H3. The van der Waals surface area contributed by atoms with E-state index in [4.69, 9.17) is 4.74 Å². The van der Waals surface area contributed by atoms with Gasteiger partial charge in [-0.3, -0.25) is 4.90 Å². The maximum atomic E-state index is 5.86. The Labute approximate surface area is 128 Å². The number of ether oxygens (including phenoxy) is 1. The lowest BCUT2D eigenvalue weighted by molar-refractivity contribution is 0.227. The van der Waals surface area contributed by atoms with Crippen LogP contribution < -0.4 is 10.1 Å². The van der Waals surface area contributed by atoms with Crippen LogP contribution >= 0.6 is 15.9 Å². The molecule has 108 valence electrons. The van der Waals surface area contributed by atoms with Crippen molar-refractivity contribution in [2.75, 3.05) is 26.2 Å². The molecule has 0 aromatic heterocycles. The number of benzene rings is 1. The highest BCUT2D eigenvalue weighted by molar-refractivity contribution is 9.10. The summed E-state index contributed by atoms with van der Waals surface area (Å²) in [5, 5.41) is 3.53. The van der Waals surface area contributed by atoms with Gasteiger partial charge < -0.3 is 10.1 Å². The first-order valence-electron chi connectivity index (χ1n) is 7.61. The third-order valence-corrected chi connectivity index (χ3v) is 5.71. The predicted octanol–water partition coefficient (Wildman–Crippen LogP) is 2.42. The molecular formula is C16H21BrN2O. The van der Waals surface area contributed by atoms with Gasteiger partial charge in [-0.25, -0.2) is 0 Å². The van der Waals surface area contributed by atoms with Crippen molar-refractivity contribution < 1.29 is 4.74 Å². The fraction of sp³-hybridized carbons (Fsp3) is 0.625. The first-order valence-corrected chi connectivity index (χ1v) is 8.40. The average Bonchev–Trinajstić information content (AvgIpc) is 3.09. The van der Waals surface area contributed by atoms with Crippen molar-refractivity contribution in [2.45, 2.75) is 25.9 Å². The molecular weight excluding hydrogens is 316 g/mol. The minimum Gasteiger partial charge on any atom is -0.493 e. The molecule has 3 aliphatic rings. The van der Waals surface area contributed by atoms with E-state index in [2.05, 4.69) is 45.2 Å². The topological polar surface area (TPSA) is 24.5 Å². The second-order valence-electron chi connectivity index (χ2n) is 6.40. The molecule has 20 heavy (non-hydrogen) atoms. The molecule has 1 aromatic carbocycles. The quantitative estimate of drug-likeness (QED) is 0.897. The zero-order valence-electron chi connectivity index (χ0n) is 11.9. The average molecular weight is 337 g/mol. The molecule has 1 aromatic rings. The molecule has 0 bridgehead atoms. The van der Waals surface area contributed by atoms with Crippen LogP contribution in [0.5, 0.6) is 5.75 Å². The van der Waals surface area contributed by atoms with Crippen molar-refractivity contribution in [3.63, 3.8) is 0 Å². The number of rotatable bonds is 2. The summed E-state index contributed by atoms with van der Waals surface area (Å²) in [6.07, 6.45) is 1.05. The molecule has 3 heterocycles. The van der Waals surface area contributed by atoms with Crippen molar-refractivity contribution in [3.05, 3.63) is 27.7 Å². The lowest BCUT2D eigenvalue weighted by atomic mass is 9.95. The van der Waals surface area contributed by atoms with Gasteiger partial charge in [0.1, 0.15) is 5.75 Å². The van der Waals surface area contributed by atoms with Crippen LogP contribution in [0.1, 0.15) is 18.1 Å². The van der Waals surface area contributed by atoms with E-state index in [1.165, 1.54) is 35.2 Å². The maximum absolute atomic E-state index is 5.86. The largest absolute Gasteiger partial charge is 0.493 e. The van der Waals surface area contributed by atoms with E-state index < -0.39 is 0 Å². The number of halogens is 1. The van der Waals surface area contributed by atoms with Crippen molar-refractivity contribution in [1.29, 1.82) is 0 Å². The maximum Gasteiger partial charge on any atom is 0.127 e. The highest BCUT2D eigenvalue weighted by Gasteiger charge is 2.41. The van der Waals surface area contributed by atoms with Gasteiger partial charge in [0.05, 0.1) is 6.61 Å². The van der Waals surface area contributed by atoms with Crippen LogP contribution in [0.15, 0.2) is 16.6 Å². The molecule has 3 aliphatic heterocycles. The molecule has 4 rings (SSSR count). The number of nitrogens with one attached hydrogen (secondary N) is 1. The van der Waals surface area contributed by atoms with Crippen LogP contribution in [0.25, 0.3) is 0 Å². The van der Waals surface area contributed by atoms with Gasteiger partial charge in [0.2, 0.25) is 0 Å². The number of fused-ring (bicyclic) bond motifs is 2. The summed E-state index contributed by atoms with van der Waals surface area (Å²) >= 11 is 3.64. The molecule has 0 spiro atoms. The molecule has 3 nitrogen and oxygen atoms in total. The van der Waals surface area contributed by atoms with E-state index in [-0.39, 0.29) is 0 Å². The third-order valence-electron chi connectivity index (χ3n) is 5.26. The second-order valence-corrected chi connectivity index (χ2v) is 7.32. The Bertz CT molecular complexity index is 533. The first-order chi connectivity index (χ1) is 9.72. The van der Waals surface area contributed by atoms with Gasteiger partial charge in [0.15, 0.2) is 0 Å². The minimum atomic E-state index is 0.672. The summed E-state index contributed by atoms with van der Waals surface area (Å²) in [7, 11) is 0. The molecule has 2 fully saturated rings. The van der Waals surface area contributed by atoms with Crippen LogP contribution in [0.2, 0.25) is 0 Å². The Hall–Kier alpha value is -0.580. The molecule has 2 saturated heterocycles. The molecule has 1 N–H and O–H groups in total. The van der Waals surface area contributed by atoms with E-state index in [9.17, 15) is 0 Å². The Balaban J connectivity index is 1.58. The van der Waals surface area contributed by atoms with Gasteiger partial charge >= 0.3 is 0 Å². The Morgan fingerprint density at radius 1 is 1.40 bits per heavy atom. The lowest BCUT2D eigenvalue weighted by Crippen LogP contribution is -2.32. The smallest absolute Gasteiger partial charge is 0.127 e. The number of likely N-dealkylation sites (tertiary alicyclic amines) is 1. The zero-order chi connectivity index (χ0) is 13.7. The Kier molecular flexibility index (Phi) is 3.28. The highest BCUT2D eigenvalue weighted by Crippen LogP contribution is 2.37. The van der Waals surface area contributed by atoms with E-state index in [1.807, 2.05) is 0 Å². The predicted molar refractivity (Wildman–Crippen MR) is 83.1 cm³/mol. The second kappa shape index (κ2) is 5.00. The van der Waals surface area contributed by atoms with Crippen LogP contribution in [0.4, 0.5) is 0 Å². The van der Waals surface area contributed by atoms with E-state index in [0.717, 1.165) is 37.2 Å². The SMILES string of the molecule is CC1C2CNCC2CN1Cc1cc(Br)cc2c1OCC2.